The molecule has 0 saturated carbocycles. The first-order valence-corrected chi connectivity index (χ1v) is 15.2. The van der Waals surface area contributed by atoms with E-state index in [1.54, 1.807) is 41.5 Å². The van der Waals surface area contributed by atoms with Crippen LogP contribution in [0.15, 0.2) is 13.5 Å². The highest BCUT2D eigenvalue weighted by atomic mass is 31.3. The molecular weight excluding hydrogens is 519 g/mol. The molecular formula is C24H30N3O6P3. The molecule has 0 radical (unpaired) electrons. The lowest BCUT2D eigenvalue weighted by Crippen LogP contribution is -2.06. The standard InChI is InChI=1S/C24H30N3O6P3/c1-7-13-19-28-34(29-20-14-8-2)25-35(30-21-15-9-3,31-22-16-10-4)27-36(26-34,32-23-17-11-5)33-24-18-12-6/h19-24H2,1-6H3. The minimum absolute atomic E-state index is 0.0239. The molecule has 0 aromatic rings. The Balaban J connectivity index is 3.97. The first-order valence-electron chi connectivity index (χ1n) is 10.6. The summed E-state index contributed by atoms with van der Waals surface area (Å²) in [5.74, 6) is 33.7. The van der Waals surface area contributed by atoms with Crippen molar-refractivity contribution in [1.29, 1.82) is 0 Å². The Morgan fingerprint density at radius 1 is 0.361 bits per heavy atom. The second kappa shape index (κ2) is 18.1. The highest BCUT2D eigenvalue weighted by Crippen LogP contribution is 2.80. The highest BCUT2D eigenvalue weighted by Gasteiger charge is 2.43. The molecule has 9 nitrogen and oxygen atoms in total. The molecule has 0 atom stereocenters. The third kappa shape index (κ3) is 11.2. The maximum Gasteiger partial charge on any atom is 0.350 e. The molecule has 1 aliphatic rings. The molecule has 0 amide bonds. The Hall–Kier alpha value is -2.19. The average molecular weight is 549 g/mol. The summed E-state index contributed by atoms with van der Waals surface area (Å²) in [7, 11) is -10.6. The van der Waals surface area contributed by atoms with E-state index in [9.17, 15) is 0 Å². The largest absolute Gasteiger partial charge is 0.350 e. The predicted octanol–water partition coefficient (Wildman–Crippen LogP) is 6.08. The van der Waals surface area contributed by atoms with Gasteiger partial charge in [-0.25, -0.2) is 0 Å². The Morgan fingerprint density at radius 2 is 0.528 bits per heavy atom. The lowest BCUT2D eigenvalue weighted by Gasteiger charge is -2.31. The number of rotatable bonds is 12. The maximum absolute atomic E-state index is 6.04. The van der Waals surface area contributed by atoms with E-state index < -0.39 is 23.0 Å². The maximum atomic E-state index is 6.04. The topological polar surface area (TPSA) is 92.5 Å². The molecule has 12 heteroatoms. The average Bonchev–Trinajstić information content (AvgIpc) is 2.85. The van der Waals surface area contributed by atoms with Crippen molar-refractivity contribution in [2.24, 2.45) is 13.5 Å². The van der Waals surface area contributed by atoms with Crippen LogP contribution >= 0.6 is 23.0 Å². The quantitative estimate of drug-likeness (QED) is 0.217. The van der Waals surface area contributed by atoms with E-state index in [2.05, 4.69) is 71.0 Å². The van der Waals surface area contributed by atoms with Gasteiger partial charge in [0.05, 0.1) is 0 Å². The SMILES string of the molecule is CC#CCOP1(OCC#CC)=NP(OCC#CC)(OCC#CC)=NP(OCC#CC)(OCC#CC)=N1. The van der Waals surface area contributed by atoms with E-state index >= 15 is 0 Å². The second-order valence-corrected chi connectivity index (χ2v) is 12.6. The van der Waals surface area contributed by atoms with Crippen LogP contribution in [0.4, 0.5) is 0 Å². The molecule has 0 N–H and O–H groups in total. The molecule has 0 fully saturated rings. The summed E-state index contributed by atoms with van der Waals surface area (Å²) >= 11 is 0. The fourth-order valence-electron chi connectivity index (χ4n) is 2.04. The third-order valence-electron chi connectivity index (χ3n) is 3.57. The van der Waals surface area contributed by atoms with Crippen molar-refractivity contribution < 1.29 is 27.1 Å². The van der Waals surface area contributed by atoms with Crippen molar-refractivity contribution >= 4 is 23.0 Å². The molecule has 0 bridgehead atoms. The van der Waals surface area contributed by atoms with Crippen molar-refractivity contribution in [2.45, 2.75) is 41.5 Å². The molecule has 0 aliphatic carbocycles. The van der Waals surface area contributed by atoms with Crippen LogP contribution in [0.2, 0.25) is 0 Å². The Labute approximate surface area is 215 Å². The number of nitrogens with zero attached hydrogens (tertiary/aromatic N) is 3. The van der Waals surface area contributed by atoms with Crippen LogP contribution < -0.4 is 0 Å². The van der Waals surface area contributed by atoms with Crippen LogP contribution in [0.1, 0.15) is 41.5 Å². The predicted molar refractivity (Wildman–Crippen MR) is 144 cm³/mol. The van der Waals surface area contributed by atoms with Crippen LogP contribution in [-0.4, -0.2) is 39.6 Å². The summed E-state index contributed by atoms with van der Waals surface area (Å²) < 4.78 is 50.4. The fraction of sp³-hybridized carbons (Fsp3) is 0.500. The smallest absolute Gasteiger partial charge is 0.293 e. The Morgan fingerprint density at radius 3 is 0.667 bits per heavy atom. The van der Waals surface area contributed by atoms with Crippen LogP contribution in [0.3, 0.4) is 0 Å². The molecule has 36 heavy (non-hydrogen) atoms. The van der Waals surface area contributed by atoms with Gasteiger partial charge in [0.1, 0.15) is 39.6 Å². The zero-order valence-corrected chi connectivity index (χ0v) is 24.1. The van der Waals surface area contributed by atoms with Crippen molar-refractivity contribution in [1.82, 2.24) is 0 Å². The normalized spacial score (nSPS) is 15.2. The van der Waals surface area contributed by atoms with E-state index in [1.165, 1.54) is 0 Å². The summed E-state index contributed by atoms with van der Waals surface area (Å²) in [6, 6.07) is 0. The summed E-state index contributed by atoms with van der Waals surface area (Å²) in [6.45, 7) is 9.99. The van der Waals surface area contributed by atoms with Crippen LogP contribution in [0.5, 0.6) is 0 Å². The zero-order chi connectivity index (χ0) is 26.6. The van der Waals surface area contributed by atoms with Gasteiger partial charge in [-0.1, -0.05) is 35.5 Å². The van der Waals surface area contributed by atoms with E-state index in [0.29, 0.717) is 0 Å². The molecule has 0 unspecified atom stereocenters. The summed E-state index contributed by atoms with van der Waals surface area (Å²) in [5, 5.41) is 0. The van der Waals surface area contributed by atoms with Gasteiger partial charge in [0.2, 0.25) is 0 Å². The first-order chi connectivity index (χ1) is 17.5. The van der Waals surface area contributed by atoms with Gasteiger partial charge in [-0.3, -0.25) is 27.1 Å². The second-order valence-electron chi connectivity index (χ2n) is 5.94. The lowest BCUT2D eigenvalue weighted by atomic mass is 10.6. The molecule has 0 aromatic heterocycles. The van der Waals surface area contributed by atoms with Crippen LogP contribution in [-0.2, 0) is 27.1 Å². The van der Waals surface area contributed by atoms with Crippen molar-refractivity contribution in [2.75, 3.05) is 39.6 Å². The minimum atomic E-state index is -3.53. The van der Waals surface area contributed by atoms with Gasteiger partial charge >= 0.3 is 23.0 Å². The van der Waals surface area contributed by atoms with Gasteiger partial charge in [0.25, 0.3) is 0 Å². The fourth-order valence-corrected chi connectivity index (χ4v) is 11.0. The lowest BCUT2D eigenvalue weighted by molar-refractivity contribution is 0.259. The van der Waals surface area contributed by atoms with E-state index in [4.69, 9.17) is 40.7 Å². The highest BCUT2D eigenvalue weighted by molar-refractivity contribution is 7.78. The van der Waals surface area contributed by atoms with Crippen molar-refractivity contribution in [3.63, 3.8) is 0 Å². The van der Waals surface area contributed by atoms with Crippen molar-refractivity contribution in [3.8, 4) is 71.0 Å². The zero-order valence-electron chi connectivity index (χ0n) is 21.4. The molecule has 1 aliphatic heterocycles. The molecule has 0 saturated heterocycles. The van der Waals surface area contributed by atoms with Gasteiger partial charge in [0.15, 0.2) is 0 Å². The molecule has 0 aromatic carbocycles. The molecule has 0 spiro atoms. The monoisotopic (exact) mass is 549 g/mol. The molecule has 192 valence electrons. The molecule has 1 heterocycles. The van der Waals surface area contributed by atoms with E-state index in [0.717, 1.165) is 0 Å². The van der Waals surface area contributed by atoms with Gasteiger partial charge < -0.3 is 0 Å². The number of hydrogen-bond donors (Lipinski definition) is 0. The van der Waals surface area contributed by atoms with Crippen LogP contribution in [0, 0.1) is 71.0 Å². The van der Waals surface area contributed by atoms with E-state index in [-0.39, 0.29) is 39.6 Å². The van der Waals surface area contributed by atoms with Crippen LogP contribution in [0.25, 0.3) is 0 Å². The Bertz CT molecular complexity index is 1040. The van der Waals surface area contributed by atoms with Gasteiger partial charge in [-0.2, -0.15) is 0 Å². The summed E-state index contributed by atoms with van der Waals surface area (Å²) in [5.41, 5.74) is 0. The van der Waals surface area contributed by atoms with Gasteiger partial charge in [-0.05, 0) is 41.5 Å². The third-order valence-corrected chi connectivity index (χ3v) is 11.8. The first kappa shape index (κ1) is 31.8. The summed E-state index contributed by atoms with van der Waals surface area (Å²) in [4.78, 5) is 0. The molecule has 1 rings (SSSR count). The van der Waals surface area contributed by atoms with Crippen molar-refractivity contribution in [3.05, 3.63) is 0 Å². The van der Waals surface area contributed by atoms with Gasteiger partial charge in [0, 0.05) is 0 Å². The Kier molecular flexibility index (Phi) is 16.0. The minimum Gasteiger partial charge on any atom is -0.293 e. The van der Waals surface area contributed by atoms with E-state index in [1.807, 2.05) is 0 Å². The summed E-state index contributed by atoms with van der Waals surface area (Å²) in [6.07, 6.45) is 0. The van der Waals surface area contributed by atoms with Gasteiger partial charge in [-0.15, -0.1) is 49.1 Å². The number of hydrogen-bond acceptors (Lipinski definition) is 9.